The standard InChI is InChI=1S/C14H21N3O/c1-10-6-14(7-10,9-15)13(18)16-8-12-5-3-4-11(2)17-12/h3-5,10H,6-9,15H2,1-2H3,(H,16,18). The Hall–Kier alpha value is -1.42. The Kier molecular flexibility index (Phi) is 3.66. The van der Waals surface area contributed by atoms with E-state index in [9.17, 15) is 4.79 Å². The minimum atomic E-state index is -0.330. The number of rotatable bonds is 4. The van der Waals surface area contributed by atoms with E-state index in [1.165, 1.54) is 0 Å². The Morgan fingerprint density at radius 2 is 2.28 bits per heavy atom. The predicted molar refractivity (Wildman–Crippen MR) is 70.7 cm³/mol. The van der Waals surface area contributed by atoms with Gasteiger partial charge >= 0.3 is 0 Å². The van der Waals surface area contributed by atoms with Crippen molar-refractivity contribution in [3.05, 3.63) is 29.6 Å². The molecular weight excluding hydrogens is 226 g/mol. The molecule has 1 fully saturated rings. The first-order valence-corrected chi connectivity index (χ1v) is 6.47. The summed E-state index contributed by atoms with van der Waals surface area (Å²) in [4.78, 5) is 16.5. The summed E-state index contributed by atoms with van der Waals surface area (Å²) in [6.45, 7) is 5.02. The van der Waals surface area contributed by atoms with Crippen molar-refractivity contribution in [3.63, 3.8) is 0 Å². The van der Waals surface area contributed by atoms with Gasteiger partial charge in [0.05, 0.1) is 17.7 Å². The van der Waals surface area contributed by atoms with Crippen LogP contribution >= 0.6 is 0 Å². The van der Waals surface area contributed by atoms with Gasteiger partial charge in [-0.1, -0.05) is 13.0 Å². The van der Waals surface area contributed by atoms with E-state index in [0.29, 0.717) is 19.0 Å². The van der Waals surface area contributed by atoms with Crippen LogP contribution in [0.4, 0.5) is 0 Å². The molecule has 0 aromatic carbocycles. The van der Waals surface area contributed by atoms with Crippen LogP contribution < -0.4 is 11.1 Å². The first-order chi connectivity index (χ1) is 8.55. The van der Waals surface area contributed by atoms with E-state index in [2.05, 4.69) is 17.2 Å². The van der Waals surface area contributed by atoms with E-state index in [1.807, 2.05) is 25.1 Å². The van der Waals surface area contributed by atoms with E-state index in [1.54, 1.807) is 0 Å². The number of pyridine rings is 1. The van der Waals surface area contributed by atoms with E-state index in [4.69, 9.17) is 5.73 Å². The molecule has 0 atom stereocenters. The van der Waals surface area contributed by atoms with Crippen LogP contribution in [0.3, 0.4) is 0 Å². The summed E-state index contributed by atoms with van der Waals surface area (Å²) < 4.78 is 0. The highest BCUT2D eigenvalue weighted by Gasteiger charge is 2.46. The van der Waals surface area contributed by atoms with Crippen LogP contribution in [0.1, 0.15) is 31.2 Å². The van der Waals surface area contributed by atoms with Crippen molar-refractivity contribution in [3.8, 4) is 0 Å². The SMILES string of the molecule is Cc1cccc(CNC(=O)C2(CN)CC(C)C2)n1. The van der Waals surface area contributed by atoms with Crippen LogP contribution in [0.2, 0.25) is 0 Å². The quantitative estimate of drug-likeness (QED) is 0.844. The number of amides is 1. The fourth-order valence-electron chi connectivity index (χ4n) is 2.78. The highest BCUT2D eigenvalue weighted by molar-refractivity contribution is 5.83. The summed E-state index contributed by atoms with van der Waals surface area (Å²) in [5.74, 6) is 0.683. The lowest BCUT2D eigenvalue weighted by atomic mass is 9.62. The van der Waals surface area contributed by atoms with Crippen LogP contribution in [-0.2, 0) is 11.3 Å². The maximum atomic E-state index is 12.2. The number of nitrogens with one attached hydrogen (secondary N) is 1. The van der Waals surface area contributed by atoms with Crippen LogP contribution in [0.15, 0.2) is 18.2 Å². The Bertz CT molecular complexity index is 438. The number of aryl methyl sites for hydroxylation is 1. The van der Waals surface area contributed by atoms with Gasteiger partial charge < -0.3 is 11.1 Å². The third-order valence-electron chi connectivity index (χ3n) is 3.73. The fourth-order valence-corrected chi connectivity index (χ4v) is 2.78. The molecule has 1 aliphatic rings. The van der Waals surface area contributed by atoms with Crippen LogP contribution in [-0.4, -0.2) is 17.4 Å². The lowest BCUT2D eigenvalue weighted by Gasteiger charge is -2.44. The van der Waals surface area contributed by atoms with Gasteiger partial charge in [0.2, 0.25) is 5.91 Å². The lowest BCUT2D eigenvalue weighted by Crippen LogP contribution is -2.53. The lowest BCUT2D eigenvalue weighted by molar-refractivity contribution is -0.138. The van der Waals surface area contributed by atoms with Gasteiger partial charge in [0.15, 0.2) is 0 Å². The molecule has 0 unspecified atom stereocenters. The van der Waals surface area contributed by atoms with E-state index >= 15 is 0 Å². The smallest absolute Gasteiger partial charge is 0.227 e. The number of carbonyl (C=O) groups is 1. The molecule has 1 aromatic rings. The molecule has 0 radical (unpaired) electrons. The summed E-state index contributed by atoms with van der Waals surface area (Å²) in [5, 5.41) is 2.96. The predicted octanol–water partition coefficient (Wildman–Crippen LogP) is 1.38. The van der Waals surface area contributed by atoms with Gasteiger partial charge in [-0.15, -0.1) is 0 Å². The zero-order valence-corrected chi connectivity index (χ0v) is 11.1. The van der Waals surface area contributed by atoms with Crippen LogP contribution in [0.5, 0.6) is 0 Å². The molecule has 4 heteroatoms. The molecule has 2 rings (SSSR count). The van der Waals surface area contributed by atoms with Crippen molar-refractivity contribution in [2.45, 2.75) is 33.2 Å². The van der Waals surface area contributed by atoms with Gasteiger partial charge in [-0.2, -0.15) is 0 Å². The number of carbonyl (C=O) groups excluding carboxylic acids is 1. The molecule has 0 bridgehead atoms. The third-order valence-corrected chi connectivity index (χ3v) is 3.73. The minimum Gasteiger partial charge on any atom is -0.350 e. The molecule has 1 aliphatic carbocycles. The monoisotopic (exact) mass is 247 g/mol. The van der Waals surface area contributed by atoms with Crippen molar-refractivity contribution >= 4 is 5.91 Å². The first kappa shape index (κ1) is 13.0. The second kappa shape index (κ2) is 5.06. The average Bonchev–Trinajstić information content (AvgIpc) is 2.32. The van der Waals surface area contributed by atoms with Crippen LogP contribution in [0, 0.1) is 18.3 Å². The van der Waals surface area contributed by atoms with Crippen molar-refractivity contribution in [1.82, 2.24) is 10.3 Å². The zero-order valence-electron chi connectivity index (χ0n) is 11.1. The Balaban J connectivity index is 1.92. The van der Waals surface area contributed by atoms with Gasteiger partial charge in [0.1, 0.15) is 0 Å². The number of aromatic nitrogens is 1. The molecule has 0 spiro atoms. The summed E-state index contributed by atoms with van der Waals surface area (Å²) in [6.07, 6.45) is 1.80. The fraction of sp³-hybridized carbons (Fsp3) is 0.571. The summed E-state index contributed by atoms with van der Waals surface area (Å²) in [6, 6.07) is 5.82. The van der Waals surface area contributed by atoms with E-state index in [0.717, 1.165) is 24.2 Å². The highest BCUT2D eigenvalue weighted by Crippen LogP contribution is 2.44. The van der Waals surface area contributed by atoms with Crippen LogP contribution in [0.25, 0.3) is 0 Å². The van der Waals surface area contributed by atoms with Crippen molar-refractivity contribution in [2.75, 3.05) is 6.54 Å². The van der Waals surface area contributed by atoms with Gasteiger partial charge in [-0.3, -0.25) is 9.78 Å². The van der Waals surface area contributed by atoms with E-state index < -0.39 is 0 Å². The maximum absolute atomic E-state index is 12.2. The molecule has 4 nitrogen and oxygen atoms in total. The van der Waals surface area contributed by atoms with Gasteiger partial charge in [-0.25, -0.2) is 0 Å². The summed E-state index contributed by atoms with van der Waals surface area (Å²) in [5.41, 5.74) is 7.28. The Morgan fingerprint density at radius 1 is 1.56 bits per heavy atom. The molecule has 18 heavy (non-hydrogen) atoms. The number of nitrogens with zero attached hydrogens (tertiary/aromatic N) is 1. The Labute approximate surface area is 108 Å². The molecule has 1 amide bonds. The average molecular weight is 247 g/mol. The van der Waals surface area contributed by atoms with E-state index in [-0.39, 0.29) is 11.3 Å². The van der Waals surface area contributed by atoms with Gasteiger partial charge in [-0.05, 0) is 37.8 Å². The number of nitrogens with two attached hydrogens (primary N) is 1. The minimum absolute atomic E-state index is 0.0754. The molecule has 0 aliphatic heterocycles. The molecule has 3 N–H and O–H groups in total. The second-order valence-electron chi connectivity index (χ2n) is 5.45. The largest absolute Gasteiger partial charge is 0.350 e. The second-order valence-corrected chi connectivity index (χ2v) is 5.45. The van der Waals surface area contributed by atoms with Crippen molar-refractivity contribution < 1.29 is 4.79 Å². The Morgan fingerprint density at radius 3 is 2.83 bits per heavy atom. The maximum Gasteiger partial charge on any atom is 0.227 e. The van der Waals surface area contributed by atoms with Gasteiger partial charge in [0, 0.05) is 12.2 Å². The first-order valence-electron chi connectivity index (χ1n) is 6.47. The molecule has 98 valence electrons. The topological polar surface area (TPSA) is 68.0 Å². The third kappa shape index (κ3) is 2.53. The molecule has 1 aromatic heterocycles. The summed E-state index contributed by atoms with van der Waals surface area (Å²) >= 11 is 0. The number of hydrogen-bond acceptors (Lipinski definition) is 3. The molecule has 1 heterocycles. The summed E-state index contributed by atoms with van der Waals surface area (Å²) in [7, 11) is 0. The van der Waals surface area contributed by atoms with Gasteiger partial charge in [0.25, 0.3) is 0 Å². The zero-order chi connectivity index (χ0) is 13.2. The highest BCUT2D eigenvalue weighted by atomic mass is 16.2. The molecular formula is C14H21N3O. The van der Waals surface area contributed by atoms with Crippen molar-refractivity contribution in [2.24, 2.45) is 17.1 Å². The molecule has 0 saturated heterocycles. The number of hydrogen-bond donors (Lipinski definition) is 2. The normalized spacial score (nSPS) is 26.5. The molecule has 1 saturated carbocycles. The van der Waals surface area contributed by atoms with Crippen molar-refractivity contribution in [1.29, 1.82) is 0 Å².